The third kappa shape index (κ3) is 6.03. The summed E-state index contributed by atoms with van der Waals surface area (Å²) >= 11 is 0. The Balaban J connectivity index is 0.00000288. The van der Waals surface area contributed by atoms with E-state index in [1.165, 1.54) is 5.56 Å². The molecule has 0 spiro atoms. The lowest BCUT2D eigenvalue weighted by Crippen LogP contribution is -2.23. The molecule has 0 aromatic heterocycles. The molecule has 2 aromatic rings. The number of ether oxygens (including phenoxy) is 1. The van der Waals surface area contributed by atoms with Gasteiger partial charge in [-0.3, -0.25) is 4.99 Å². The lowest BCUT2D eigenvalue weighted by atomic mass is 10.0. The van der Waals surface area contributed by atoms with Crippen LogP contribution in [0.4, 0.5) is 5.69 Å². The highest BCUT2D eigenvalue weighted by molar-refractivity contribution is 14.0. The Morgan fingerprint density at radius 1 is 1.17 bits per heavy atom. The van der Waals surface area contributed by atoms with E-state index in [9.17, 15) is 0 Å². The van der Waals surface area contributed by atoms with E-state index < -0.39 is 0 Å². The van der Waals surface area contributed by atoms with Crippen LogP contribution >= 0.6 is 24.0 Å². The molecule has 0 atom stereocenters. The fourth-order valence-electron chi connectivity index (χ4n) is 2.37. The van der Waals surface area contributed by atoms with Crippen molar-refractivity contribution in [2.45, 2.75) is 26.2 Å². The molecule has 130 valence electrons. The Kier molecular flexibility index (Phi) is 8.60. The summed E-state index contributed by atoms with van der Waals surface area (Å²) in [7, 11) is 1.68. The first-order valence-electron chi connectivity index (χ1n) is 7.89. The van der Waals surface area contributed by atoms with Crippen LogP contribution in [-0.2, 0) is 6.42 Å². The molecule has 0 saturated carbocycles. The summed E-state index contributed by atoms with van der Waals surface area (Å²) in [6.45, 7) is 4.96. The van der Waals surface area contributed by atoms with E-state index in [-0.39, 0.29) is 24.0 Å². The molecular formula is C19H26IN3O. The molecule has 0 aliphatic rings. The predicted octanol–water partition coefficient (Wildman–Crippen LogP) is 4.41. The maximum absolute atomic E-state index is 5.97. The largest absolute Gasteiger partial charge is 0.496 e. The van der Waals surface area contributed by atoms with E-state index in [4.69, 9.17) is 10.5 Å². The Morgan fingerprint density at radius 2 is 1.92 bits per heavy atom. The van der Waals surface area contributed by atoms with Crippen molar-refractivity contribution in [1.82, 2.24) is 0 Å². The van der Waals surface area contributed by atoms with Crippen molar-refractivity contribution in [2.24, 2.45) is 10.7 Å². The van der Waals surface area contributed by atoms with Gasteiger partial charge < -0.3 is 15.8 Å². The molecule has 3 N–H and O–H groups in total. The van der Waals surface area contributed by atoms with Crippen molar-refractivity contribution >= 4 is 35.6 Å². The zero-order valence-corrected chi connectivity index (χ0v) is 16.8. The molecule has 0 aliphatic carbocycles. The molecule has 0 bridgehead atoms. The van der Waals surface area contributed by atoms with Gasteiger partial charge in [0.1, 0.15) is 5.75 Å². The van der Waals surface area contributed by atoms with Crippen molar-refractivity contribution in [3.8, 4) is 5.75 Å². The number of nitrogens with zero attached hydrogens (tertiary/aromatic N) is 1. The monoisotopic (exact) mass is 439 g/mol. The number of para-hydroxylation sites is 1. The van der Waals surface area contributed by atoms with Gasteiger partial charge in [-0.2, -0.15) is 0 Å². The maximum atomic E-state index is 5.97. The average Bonchev–Trinajstić information content (AvgIpc) is 2.55. The van der Waals surface area contributed by atoms with Gasteiger partial charge in [-0.1, -0.05) is 44.2 Å². The summed E-state index contributed by atoms with van der Waals surface area (Å²) in [6, 6.07) is 16.2. The first-order chi connectivity index (χ1) is 11.1. The molecule has 0 heterocycles. The SMILES string of the molecule is COc1ccccc1CCN=C(N)Nc1cccc(C(C)C)c1.I. The topological polar surface area (TPSA) is 59.6 Å². The van der Waals surface area contributed by atoms with Crippen LogP contribution in [0.15, 0.2) is 53.5 Å². The van der Waals surface area contributed by atoms with Gasteiger partial charge in [0, 0.05) is 12.2 Å². The lowest BCUT2D eigenvalue weighted by molar-refractivity contribution is 0.410. The summed E-state index contributed by atoms with van der Waals surface area (Å²) in [6.07, 6.45) is 0.790. The maximum Gasteiger partial charge on any atom is 0.193 e. The summed E-state index contributed by atoms with van der Waals surface area (Å²) in [5.41, 5.74) is 9.35. The number of hydrogen-bond donors (Lipinski definition) is 2. The summed E-state index contributed by atoms with van der Waals surface area (Å²) in [4.78, 5) is 4.39. The molecule has 5 heteroatoms. The number of benzene rings is 2. The summed E-state index contributed by atoms with van der Waals surface area (Å²) < 4.78 is 5.34. The molecular weight excluding hydrogens is 413 g/mol. The number of anilines is 1. The van der Waals surface area contributed by atoms with Crippen LogP contribution < -0.4 is 15.8 Å². The van der Waals surface area contributed by atoms with Gasteiger partial charge in [-0.25, -0.2) is 0 Å². The number of rotatable bonds is 6. The van der Waals surface area contributed by atoms with Gasteiger partial charge in [0.2, 0.25) is 0 Å². The van der Waals surface area contributed by atoms with Gasteiger partial charge in [-0.15, -0.1) is 24.0 Å². The zero-order chi connectivity index (χ0) is 16.7. The zero-order valence-electron chi connectivity index (χ0n) is 14.5. The molecule has 0 fully saturated rings. The molecule has 2 aromatic carbocycles. The minimum atomic E-state index is 0. The summed E-state index contributed by atoms with van der Waals surface area (Å²) in [5, 5.41) is 3.15. The second kappa shape index (κ2) is 10.2. The van der Waals surface area contributed by atoms with E-state index in [2.05, 4.69) is 36.3 Å². The van der Waals surface area contributed by atoms with Crippen LogP contribution in [0, 0.1) is 0 Å². The van der Waals surface area contributed by atoms with Crippen molar-refractivity contribution in [1.29, 1.82) is 0 Å². The molecule has 0 amide bonds. The highest BCUT2D eigenvalue weighted by Gasteiger charge is 2.02. The minimum Gasteiger partial charge on any atom is -0.496 e. The number of hydrogen-bond acceptors (Lipinski definition) is 2. The Hall–Kier alpha value is -1.76. The number of nitrogens with two attached hydrogens (primary N) is 1. The third-order valence-corrected chi connectivity index (χ3v) is 3.68. The fraction of sp³-hybridized carbons (Fsp3) is 0.316. The van der Waals surface area contributed by atoms with Gasteiger partial charge >= 0.3 is 0 Å². The average molecular weight is 439 g/mol. The minimum absolute atomic E-state index is 0. The van der Waals surface area contributed by atoms with Crippen molar-refractivity contribution in [3.05, 3.63) is 59.7 Å². The molecule has 2 rings (SSSR count). The molecule has 24 heavy (non-hydrogen) atoms. The van der Waals surface area contributed by atoms with Gasteiger partial charge in [0.25, 0.3) is 0 Å². The van der Waals surface area contributed by atoms with Crippen molar-refractivity contribution in [3.63, 3.8) is 0 Å². The van der Waals surface area contributed by atoms with E-state index in [0.717, 1.165) is 23.4 Å². The smallest absolute Gasteiger partial charge is 0.193 e. The van der Waals surface area contributed by atoms with Gasteiger partial charge in [0.15, 0.2) is 5.96 Å². The van der Waals surface area contributed by atoms with Crippen LogP contribution in [0.1, 0.15) is 30.9 Å². The highest BCUT2D eigenvalue weighted by atomic mass is 127. The van der Waals surface area contributed by atoms with Crippen LogP contribution in [0.5, 0.6) is 5.75 Å². The number of methoxy groups -OCH3 is 1. The summed E-state index contributed by atoms with van der Waals surface area (Å²) in [5.74, 6) is 1.81. The second-order valence-corrected chi connectivity index (χ2v) is 5.73. The highest BCUT2D eigenvalue weighted by Crippen LogP contribution is 2.19. The van der Waals surface area contributed by atoms with Gasteiger partial charge in [-0.05, 0) is 41.7 Å². The lowest BCUT2D eigenvalue weighted by Gasteiger charge is -2.10. The van der Waals surface area contributed by atoms with Crippen molar-refractivity contribution < 1.29 is 4.74 Å². The van der Waals surface area contributed by atoms with Gasteiger partial charge in [0.05, 0.1) is 7.11 Å². The molecule has 0 saturated heterocycles. The molecule has 0 radical (unpaired) electrons. The van der Waals surface area contributed by atoms with Crippen LogP contribution in [-0.4, -0.2) is 19.6 Å². The number of nitrogens with one attached hydrogen (secondary N) is 1. The van der Waals surface area contributed by atoms with Crippen molar-refractivity contribution in [2.75, 3.05) is 19.0 Å². The van der Waals surface area contributed by atoms with Crippen LogP contribution in [0.2, 0.25) is 0 Å². The van der Waals surface area contributed by atoms with Crippen LogP contribution in [0.25, 0.3) is 0 Å². The standard InChI is InChI=1S/C19H25N3O.HI/c1-14(2)16-8-6-9-17(13-16)22-19(20)21-12-11-15-7-4-5-10-18(15)23-3;/h4-10,13-14H,11-12H2,1-3H3,(H3,20,21,22);1H. The molecule has 0 unspecified atom stereocenters. The van der Waals surface area contributed by atoms with Crippen LogP contribution in [0.3, 0.4) is 0 Å². The number of aliphatic imine (C=N–C) groups is 1. The first-order valence-corrected chi connectivity index (χ1v) is 7.89. The predicted molar refractivity (Wildman–Crippen MR) is 113 cm³/mol. The Bertz CT molecular complexity index is 671. The number of halogens is 1. The van der Waals surface area contributed by atoms with E-state index in [0.29, 0.717) is 18.4 Å². The Morgan fingerprint density at radius 3 is 2.62 bits per heavy atom. The number of guanidine groups is 1. The Labute approximate surface area is 161 Å². The first kappa shape index (κ1) is 20.3. The normalized spacial score (nSPS) is 11.1. The molecule has 0 aliphatic heterocycles. The third-order valence-electron chi connectivity index (χ3n) is 3.68. The van der Waals surface area contributed by atoms with E-state index in [1.54, 1.807) is 7.11 Å². The fourth-order valence-corrected chi connectivity index (χ4v) is 2.37. The quantitative estimate of drug-likeness (QED) is 0.399. The van der Waals surface area contributed by atoms with E-state index >= 15 is 0 Å². The van der Waals surface area contributed by atoms with E-state index in [1.807, 2.05) is 36.4 Å². The second-order valence-electron chi connectivity index (χ2n) is 5.73. The molecule has 4 nitrogen and oxygen atoms in total.